The Morgan fingerprint density at radius 3 is 2.45 bits per heavy atom. The van der Waals surface area contributed by atoms with Crippen LogP contribution >= 0.6 is 38.9 Å². The second-order valence-corrected chi connectivity index (χ2v) is 18.2. The van der Waals surface area contributed by atoms with Gasteiger partial charge in [-0.05, 0) is 49.7 Å². The van der Waals surface area contributed by atoms with Crippen LogP contribution in [0.4, 0.5) is 9.93 Å². The summed E-state index contributed by atoms with van der Waals surface area (Å²) < 4.78 is 13.0. The number of anilines is 1. The maximum atomic E-state index is 14.6. The minimum atomic E-state index is -1.54. The summed E-state index contributed by atoms with van der Waals surface area (Å²) in [5.41, 5.74) is -1.07. The molecule has 3 aliphatic rings. The zero-order valence-corrected chi connectivity index (χ0v) is 35.0. The number of benzene rings is 1. The van der Waals surface area contributed by atoms with Crippen LogP contribution in [0, 0.1) is 17.3 Å². The molecule has 3 heterocycles. The molecule has 56 heavy (non-hydrogen) atoms. The number of hydrogen-bond donors (Lipinski definition) is 4. The molecule has 6 rings (SSSR count). The molecule has 1 aliphatic heterocycles. The molecule has 17 heteroatoms. The van der Waals surface area contributed by atoms with Crippen molar-refractivity contribution in [2.75, 3.05) is 11.9 Å². The quantitative estimate of drug-likeness (QED) is 0.139. The Bertz CT molecular complexity index is 2070. The molecular formula is C39H46BrClN6O8S. The number of likely N-dealkylation sites (tertiary alicyclic amines) is 1. The highest BCUT2D eigenvalue weighted by atomic mass is 79.9. The smallest absolute Gasteiger partial charge is 0.408 e. The number of alkyl carbamates (subject to hydrolysis) is 1. The number of thiazole rings is 1. The normalized spacial score (nSPS) is 22.8. The molecule has 1 aromatic carbocycles. The number of carboxylic acids is 1. The van der Waals surface area contributed by atoms with Crippen molar-refractivity contribution in [1.29, 1.82) is 0 Å². The average molecular weight is 874 g/mol. The summed E-state index contributed by atoms with van der Waals surface area (Å²) in [5, 5.41) is 21.4. The van der Waals surface area contributed by atoms with Crippen molar-refractivity contribution in [2.45, 2.75) is 103 Å². The number of aromatic nitrogens is 2. The van der Waals surface area contributed by atoms with E-state index < -0.39 is 58.9 Å². The van der Waals surface area contributed by atoms with E-state index in [4.69, 9.17) is 26.1 Å². The van der Waals surface area contributed by atoms with E-state index in [2.05, 4.69) is 43.4 Å². The van der Waals surface area contributed by atoms with Crippen LogP contribution in [-0.2, 0) is 23.9 Å². The SMILES string of the molecule is C=C[C@@H]1C[C@]1(NC(=O)[C@@H]1C[C@@H](Oc2cc(-c3csc(NC(=O)C(C)C)n3)nc3c(Cl)cc(Br)cc23)CN1C(=O)[C@@H](NC(=O)OC1CCCC1)C(C)(C)C)C(=O)O. The van der Waals surface area contributed by atoms with Gasteiger partial charge in [0.05, 0.1) is 22.8 Å². The first-order chi connectivity index (χ1) is 26.4. The van der Waals surface area contributed by atoms with E-state index >= 15 is 0 Å². The second kappa shape index (κ2) is 16.3. The maximum absolute atomic E-state index is 14.6. The summed E-state index contributed by atoms with van der Waals surface area (Å²) in [5.74, 6) is -2.97. The lowest BCUT2D eigenvalue weighted by Gasteiger charge is -2.35. The highest BCUT2D eigenvalue weighted by Crippen LogP contribution is 2.45. The van der Waals surface area contributed by atoms with E-state index in [-0.39, 0.29) is 37.3 Å². The van der Waals surface area contributed by atoms with Gasteiger partial charge in [-0.25, -0.2) is 19.6 Å². The van der Waals surface area contributed by atoms with E-state index in [1.165, 1.54) is 22.3 Å². The van der Waals surface area contributed by atoms with Gasteiger partial charge in [-0.1, -0.05) is 68.2 Å². The van der Waals surface area contributed by atoms with Crippen molar-refractivity contribution >= 4 is 84.7 Å². The molecule has 3 aromatic rings. The molecule has 0 bridgehead atoms. The third kappa shape index (κ3) is 8.81. The third-order valence-electron chi connectivity index (χ3n) is 10.4. The summed E-state index contributed by atoms with van der Waals surface area (Å²) in [4.78, 5) is 77.3. The summed E-state index contributed by atoms with van der Waals surface area (Å²) in [6, 6.07) is 2.92. The van der Waals surface area contributed by atoms with Gasteiger partial charge in [0.15, 0.2) is 5.13 Å². The Morgan fingerprint density at radius 1 is 1.11 bits per heavy atom. The third-order valence-corrected chi connectivity index (χ3v) is 11.9. The molecule has 14 nitrogen and oxygen atoms in total. The Morgan fingerprint density at radius 2 is 1.82 bits per heavy atom. The zero-order valence-electron chi connectivity index (χ0n) is 31.8. The molecule has 1 saturated heterocycles. The van der Waals surface area contributed by atoms with Crippen molar-refractivity contribution in [3.63, 3.8) is 0 Å². The van der Waals surface area contributed by atoms with Gasteiger partial charge in [-0.15, -0.1) is 17.9 Å². The van der Waals surface area contributed by atoms with Crippen molar-refractivity contribution in [3.8, 4) is 17.1 Å². The predicted octanol–water partition coefficient (Wildman–Crippen LogP) is 6.95. The highest BCUT2D eigenvalue weighted by Gasteiger charge is 2.61. The number of carboxylic acid groups (broad SMARTS) is 1. The molecule has 4 N–H and O–H groups in total. The summed E-state index contributed by atoms with van der Waals surface area (Å²) in [6.45, 7) is 12.6. The molecule has 2 saturated carbocycles. The fourth-order valence-corrected chi connectivity index (χ4v) is 8.71. The lowest BCUT2D eigenvalue weighted by molar-refractivity contribution is -0.146. The van der Waals surface area contributed by atoms with E-state index in [0.29, 0.717) is 42.7 Å². The number of fused-ring (bicyclic) bond motifs is 1. The monoisotopic (exact) mass is 872 g/mol. The Balaban J connectivity index is 1.33. The largest absolute Gasteiger partial charge is 0.488 e. The van der Waals surface area contributed by atoms with Crippen molar-refractivity contribution in [1.82, 2.24) is 25.5 Å². The summed E-state index contributed by atoms with van der Waals surface area (Å²) in [7, 11) is 0. The minimum Gasteiger partial charge on any atom is -0.488 e. The standard InChI is InChI=1S/C39H46BrClN6O8S/c1-7-20-16-39(20,35(51)52)46-33(49)28-14-23(17-47(28)34(50)31(38(4,5)6)44-37(53)55-22-10-8-9-11-22)54-29-15-26(42-30-24(29)12-21(40)13-25(30)41)27-18-56-36(43-27)45-32(48)19(2)3/h7,12-13,15,18-20,22-23,28,31H,1,8-11,14,16-17H2,2-6H3,(H,44,53)(H,46,49)(H,51,52)(H,43,45,48)/t20-,23-,28+,31-,39-/m1/s1. The van der Waals surface area contributed by atoms with Crippen LogP contribution < -0.4 is 20.7 Å². The maximum Gasteiger partial charge on any atom is 0.408 e. The Hall–Kier alpha value is -4.28. The molecule has 5 atom stereocenters. The molecule has 300 valence electrons. The molecule has 0 radical (unpaired) electrons. The number of nitrogens with zero attached hydrogens (tertiary/aromatic N) is 3. The number of nitrogens with one attached hydrogen (secondary N) is 3. The van der Waals surface area contributed by atoms with Gasteiger partial charge in [0, 0.05) is 39.6 Å². The van der Waals surface area contributed by atoms with E-state index in [0.717, 1.165) is 25.7 Å². The van der Waals surface area contributed by atoms with Crippen molar-refractivity contribution < 1.29 is 38.6 Å². The molecule has 2 aromatic heterocycles. The first-order valence-corrected chi connectivity index (χ1v) is 20.6. The van der Waals surface area contributed by atoms with E-state index in [1.807, 2.05) is 0 Å². The number of halogens is 2. The summed E-state index contributed by atoms with van der Waals surface area (Å²) >= 11 is 11.4. The Kier molecular flexibility index (Phi) is 12.0. The van der Waals surface area contributed by atoms with Crippen LogP contribution in [0.15, 0.2) is 40.7 Å². The number of amides is 4. The summed E-state index contributed by atoms with van der Waals surface area (Å²) in [6.07, 6.45) is 3.33. The van der Waals surface area contributed by atoms with Crippen molar-refractivity contribution in [2.24, 2.45) is 17.3 Å². The topological polar surface area (TPSA) is 189 Å². The Labute approximate surface area is 342 Å². The van der Waals surface area contributed by atoms with Gasteiger partial charge < -0.3 is 35.4 Å². The van der Waals surface area contributed by atoms with Gasteiger partial charge in [0.2, 0.25) is 17.7 Å². The number of ether oxygens (including phenoxy) is 2. The number of hydrogen-bond acceptors (Lipinski definition) is 10. The van der Waals surface area contributed by atoms with Crippen LogP contribution in [0.1, 0.15) is 73.1 Å². The zero-order chi connectivity index (χ0) is 40.7. The molecule has 0 unspecified atom stereocenters. The van der Waals surface area contributed by atoms with Gasteiger partial charge in [0.1, 0.15) is 41.3 Å². The van der Waals surface area contributed by atoms with Gasteiger partial charge in [0.25, 0.3) is 0 Å². The second-order valence-electron chi connectivity index (χ2n) is 16.0. The minimum absolute atomic E-state index is 0.00161. The number of aliphatic carboxylic acids is 1. The fourth-order valence-electron chi connectivity index (χ4n) is 7.15. The van der Waals surface area contributed by atoms with E-state index in [1.54, 1.807) is 58.2 Å². The average Bonchev–Trinajstić information content (AvgIpc) is 3.53. The van der Waals surface area contributed by atoms with Crippen LogP contribution in [0.2, 0.25) is 5.02 Å². The van der Waals surface area contributed by atoms with Crippen molar-refractivity contribution in [3.05, 3.63) is 45.7 Å². The number of rotatable bonds is 12. The lowest BCUT2D eigenvalue weighted by atomic mass is 9.85. The van der Waals surface area contributed by atoms with Gasteiger partial charge in [-0.3, -0.25) is 14.4 Å². The van der Waals surface area contributed by atoms with Gasteiger partial charge in [-0.2, -0.15) is 0 Å². The molecule has 3 fully saturated rings. The lowest BCUT2D eigenvalue weighted by Crippen LogP contribution is -2.59. The fraction of sp³-hybridized carbons (Fsp3) is 0.513. The highest BCUT2D eigenvalue weighted by molar-refractivity contribution is 9.10. The first-order valence-electron chi connectivity index (χ1n) is 18.6. The van der Waals surface area contributed by atoms with Crippen LogP contribution in [-0.4, -0.2) is 86.1 Å². The van der Waals surface area contributed by atoms with E-state index in [9.17, 15) is 29.1 Å². The number of carbonyl (C=O) groups excluding carboxylic acids is 4. The van der Waals surface area contributed by atoms with Crippen LogP contribution in [0.5, 0.6) is 5.75 Å². The van der Waals surface area contributed by atoms with Crippen LogP contribution in [0.3, 0.4) is 0 Å². The number of carbonyl (C=O) groups is 5. The van der Waals surface area contributed by atoms with Gasteiger partial charge >= 0.3 is 12.1 Å². The first kappa shape index (κ1) is 41.4. The molecule has 4 amide bonds. The van der Waals surface area contributed by atoms with Crippen LogP contribution in [0.25, 0.3) is 22.3 Å². The number of pyridine rings is 1. The molecular weight excluding hydrogens is 828 g/mol. The predicted molar refractivity (Wildman–Crippen MR) is 215 cm³/mol. The molecule has 2 aliphatic carbocycles. The molecule has 0 spiro atoms.